The predicted octanol–water partition coefficient (Wildman–Crippen LogP) is 5.91. The van der Waals surface area contributed by atoms with Gasteiger partial charge in [-0.25, -0.2) is 9.18 Å². The molecule has 2 aromatic carbocycles. The third-order valence-electron chi connectivity index (χ3n) is 10.0. The Bertz CT molecular complexity index is 1830. The van der Waals surface area contributed by atoms with Crippen LogP contribution in [0.4, 0.5) is 23.4 Å². The molecule has 0 N–H and O–H groups in total. The molecular formula is C34H37ClF4N6O2S. The summed E-state index contributed by atoms with van der Waals surface area (Å²) in [6, 6.07) is 4.36. The average Bonchev–Trinajstić information content (AvgIpc) is 3.89. The van der Waals surface area contributed by atoms with Crippen LogP contribution in [0.15, 0.2) is 46.6 Å². The summed E-state index contributed by atoms with van der Waals surface area (Å²) in [5.74, 6) is -0.450. The number of carbonyl (C=O) groups excluding carboxylic acids is 1. The number of rotatable bonds is 6. The highest BCUT2D eigenvalue weighted by Gasteiger charge is 2.41. The van der Waals surface area contributed by atoms with Gasteiger partial charge in [0.1, 0.15) is 11.6 Å². The third kappa shape index (κ3) is 6.01. The van der Waals surface area contributed by atoms with Crippen LogP contribution >= 0.6 is 23.4 Å². The van der Waals surface area contributed by atoms with E-state index in [0.717, 1.165) is 38.3 Å². The fourth-order valence-corrected chi connectivity index (χ4v) is 9.22. The molecule has 48 heavy (non-hydrogen) atoms. The fourth-order valence-electron chi connectivity index (χ4n) is 7.71. The topological polar surface area (TPSA) is 64.9 Å². The van der Waals surface area contributed by atoms with Crippen LogP contribution in [0.5, 0.6) is 0 Å². The SMILES string of the molecule is C=CC(=O)N1[C@H](C)CN(c2nc(=O)n3c4c(c(-c5ccc(F)c(Cl)c5)c(C(F)(F)F)cc24)SC[C@@H]3CN2CCN(C3CC3)CC2)C[C@@H]1C. The zero-order chi connectivity index (χ0) is 34.1. The van der Waals surface area contributed by atoms with Crippen molar-refractivity contribution < 1.29 is 22.4 Å². The molecule has 3 aliphatic heterocycles. The molecule has 4 heterocycles. The number of benzene rings is 2. The lowest BCUT2D eigenvalue weighted by atomic mass is 9.95. The first-order chi connectivity index (χ1) is 22.8. The van der Waals surface area contributed by atoms with E-state index in [2.05, 4.69) is 21.4 Å². The van der Waals surface area contributed by atoms with Crippen molar-refractivity contribution in [2.75, 3.05) is 56.5 Å². The summed E-state index contributed by atoms with van der Waals surface area (Å²) in [4.78, 5) is 39.9. The van der Waals surface area contributed by atoms with E-state index in [9.17, 15) is 14.0 Å². The molecule has 3 atom stereocenters. The lowest BCUT2D eigenvalue weighted by Crippen LogP contribution is -2.58. The molecule has 0 radical (unpaired) electrons. The highest BCUT2D eigenvalue weighted by atomic mass is 35.5. The molecule has 7 rings (SSSR count). The monoisotopic (exact) mass is 704 g/mol. The van der Waals surface area contributed by atoms with Gasteiger partial charge in [0.05, 0.1) is 22.1 Å². The number of nitrogens with zero attached hydrogens (tertiary/aromatic N) is 6. The van der Waals surface area contributed by atoms with E-state index in [1.807, 2.05) is 18.7 Å². The number of aromatic nitrogens is 2. The molecule has 4 aliphatic rings. The number of hydrogen-bond acceptors (Lipinski definition) is 7. The first-order valence-corrected chi connectivity index (χ1v) is 17.7. The summed E-state index contributed by atoms with van der Waals surface area (Å²) in [6.45, 7) is 12.0. The van der Waals surface area contributed by atoms with Gasteiger partial charge in [-0.2, -0.15) is 18.2 Å². The third-order valence-corrected chi connectivity index (χ3v) is 11.6. The summed E-state index contributed by atoms with van der Waals surface area (Å²) in [6.07, 6.45) is -1.06. The molecule has 3 aromatic rings. The van der Waals surface area contributed by atoms with E-state index in [1.165, 1.54) is 42.8 Å². The van der Waals surface area contributed by atoms with Crippen molar-refractivity contribution in [2.24, 2.45) is 0 Å². The summed E-state index contributed by atoms with van der Waals surface area (Å²) < 4.78 is 60.9. The Labute approximate surface area is 285 Å². The maximum atomic E-state index is 15.0. The first kappa shape index (κ1) is 33.4. The predicted molar refractivity (Wildman–Crippen MR) is 180 cm³/mol. The zero-order valence-electron chi connectivity index (χ0n) is 26.8. The van der Waals surface area contributed by atoms with Gasteiger partial charge in [-0.3, -0.25) is 19.2 Å². The van der Waals surface area contributed by atoms with E-state index >= 15 is 13.2 Å². The van der Waals surface area contributed by atoms with Crippen LogP contribution in [0.2, 0.25) is 5.02 Å². The van der Waals surface area contributed by atoms with Gasteiger partial charge in [0.15, 0.2) is 0 Å². The maximum absolute atomic E-state index is 15.0. The molecule has 1 aliphatic carbocycles. The molecular weight excluding hydrogens is 668 g/mol. The second kappa shape index (κ2) is 12.6. The average molecular weight is 705 g/mol. The van der Waals surface area contributed by atoms with Crippen LogP contribution in [0.25, 0.3) is 22.0 Å². The summed E-state index contributed by atoms with van der Waals surface area (Å²) in [5.41, 5.74) is -1.08. The van der Waals surface area contributed by atoms with E-state index in [-0.39, 0.29) is 64.5 Å². The van der Waals surface area contributed by atoms with Crippen LogP contribution in [-0.4, -0.2) is 99.8 Å². The van der Waals surface area contributed by atoms with E-state index in [1.54, 1.807) is 9.47 Å². The Balaban J connectivity index is 1.39. The number of carbonyl (C=O) groups is 1. The van der Waals surface area contributed by atoms with Crippen LogP contribution in [0.1, 0.15) is 38.3 Å². The lowest BCUT2D eigenvalue weighted by Gasteiger charge is -2.45. The maximum Gasteiger partial charge on any atom is 0.417 e. The number of halogens is 5. The van der Waals surface area contributed by atoms with E-state index in [0.29, 0.717) is 28.8 Å². The van der Waals surface area contributed by atoms with Gasteiger partial charge < -0.3 is 9.80 Å². The van der Waals surface area contributed by atoms with Crippen molar-refractivity contribution >= 4 is 46.0 Å². The minimum Gasteiger partial charge on any atom is -0.352 e. The van der Waals surface area contributed by atoms with Crippen molar-refractivity contribution in [3.8, 4) is 11.1 Å². The Morgan fingerprint density at radius 2 is 1.79 bits per heavy atom. The van der Waals surface area contributed by atoms with Crippen molar-refractivity contribution in [1.82, 2.24) is 24.3 Å². The molecule has 14 heteroatoms. The Morgan fingerprint density at radius 3 is 2.40 bits per heavy atom. The van der Waals surface area contributed by atoms with Gasteiger partial charge >= 0.3 is 11.9 Å². The Morgan fingerprint density at radius 1 is 1.10 bits per heavy atom. The van der Waals surface area contributed by atoms with Crippen LogP contribution in [-0.2, 0) is 11.0 Å². The molecule has 1 amide bonds. The van der Waals surface area contributed by atoms with Gasteiger partial charge in [0, 0.05) is 85.5 Å². The quantitative estimate of drug-likeness (QED) is 0.234. The van der Waals surface area contributed by atoms with Gasteiger partial charge in [-0.15, -0.1) is 11.8 Å². The van der Waals surface area contributed by atoms with Crippen molar-refractivity contribution in [2.45, 2.75) is 61.9 Å². The highest BCUT2D eigenvalue weighted by Crippen LogP contribution is 2.50. The smallest absolute Gasteiger partial charge is 0.352 e. The number of thioether (sulfide) groups is 1. The molecule has 1 saturated carbocycles. The second-order valence-electron chi connectivity index (χ2n) is 13.3. The van der Waals surface area contributed by atoms with E-state index in [4.69, 9.17) is 11.6 Å². The molecule has 2 saturated heterocycles. The van der Waals surface area contributed by atoms with Gasteiger partial charge in [-0.05, 0) is 56.5 Å². The summed E-state index contributed by atoms with van der Waals surface area (Å²) in [7, 11) is 0. The number of alkyl halides is 3. The molecule has 0 unspecified atom stereocenters. The summed E-state index contributed by atoms with van der Waals surface area (Å²) in [5, 5.41) is -0.0767. The van der Waals surface area contributed by atoms with Crippen molar-refractivity contribution in [1.29, 1.82) is 0 Å². The Kier molecular flexibility index (Phi) is 8.79. The van der Waals surface area contributed by atoms with Gasteiger partial charge in [0.25, 0.3) is 0 Å². The zero-order valence-corrected chi connectivity index (χ0v) is 28.3. The van der Waals surface area contributed by atoms with Crippen LogP contribution in [0, 0.1) is 5.82 Å². The minimum atomic E-state index is -4.78. The van der Waals surface area contributed by atoms with Gasteiger partial charge in [0.2, 0.25) is 5.91 Å². The number of hydrogen-bond donors (Lipinski definition) is 0. The molecule has 3 fully saturated rings. The van der Waals surface area contributed by atoms with Crippen molar-refractivity contribution in [3.05, 3.63) is 63.8 Å². The minimum absolute atomic E-state index is 0.115. The normalized spacial score (nSPS) is 23.9. The molecule has 0 spiro atoms. The number of amides is 1. The second-order valence-corrected chi connectivity index (χ2v) is 14.8. The number of piperazine rings is 2. The first-order valence-electron chi connectivity index (χ1n) is 16.3. The largest absolute Gasteiger partial charge is 0.417 e. The molecule has 1 aromatic heterocycles. The standard InChI is InChI=1S/C34H37ClF4N6O2S/c1-4-28(46)44-19(2)15-43(16-20(44)3)32-24-14-25(34(37,38)39)29(21-5-8-27(36)26(35)13-21)31-30(24)45(33(47)40-32)23(18-48-31)17-41-9-11-42(12-10-41)22-6-7-22/h4-5,8,13-14,19-20,22-23H,1,6-7,9-12,15-18H2,2-3H3/t19-,20+,23-/m0/s1. The molecule has 0 bridgehead atoms. The number of anilines is 1. The molecule has 8 nitrogen and oxygen atoms in total. The van der Waals surface area contributed by atoms with Crippen molar-refractivity contribution in [3.63, 3.8) is 0 Å². The lowest BCUT2D eigenvalue weighted by molar-refractivity contribution is -0.137. The fraction of sp³-hybridized carbons (Fsp3) is 0.500. The van der Waals surface area contributed by atoms with Crippen LogP contribution < -0.4 is 10.6 Å². The van der Waals surface area contributed by atoms with Crippen LogP contribution in [0.3, 0.4) is 0 Å². The Hall–Kier alpha value is -3.13. The van der Waals surface area contributed by atoms with Gasteiger partial charge in [-0.1, -0.05) is 24.2 Å². The van der Waals surface area contributed by atoms with E-state index < -0.39 is 23.2 Å². The molecule has 256 valence electrons. The summed E-state index contributed by atoms with van der Waals surface area (Å²) >= 11 is 7.38. The highest BCUT2D eigenvalue weighted by molar-refractivity contribution is 7.99.